The summed E-state index contributed by atoms with van der Waals surface area (Å²) in [5.41, 5.74) is 5.98. The summed E-state index contributed by atoms with van der Waals surface area (Å²) >= 11 is 0. The van der Waals surface area contributed by atoms with Gasteiger partial charge in [0, 0.05) is 44.6 Å². The number of aliphatic hydroxyl groups is 11. The third-order valence-corrected chi connectivity index (χ3v) is 11.6. The molecule has 2 bridgehead atoms. The van der Waals surface area contributed by atoms with Gasteiger partial charge in [-0.25, -0.2) is 0 Å². The molecule has 0 aromatic carbocycles. The van der Waals surface area contributed by atoms with E-state index in [0.29, 0.717) is 0 Å². The number of amides is 1. The number of allylic oxidation sites excluding steroid dienone is 12. The van der Waals surface area contributed by atoms with E-state index in [-0.39, 0.29) is 51.2 Å². The number of cyclic esters (lactones) is 1. The first-order chi connectivity index (χ1) is 31.7. The lowest BCUT2D eigenvalue weighted by Gasteiger charge is -2.45. The minimum atomic E-state index is -2.30. The topological polar surface area (TPSA) is 332 Å². The molecule has 1 amide bonds. The Balaban J connectivity index is 1.89. The van der Waals surface area contributed by atoms with Crippen LogP contribution in [0.25, 0.3) is 0 Å². The number of hydrogen-bond donors (Lipinski definition) is 13. The zero-order chi connectivity index (χ0) is 49.7. The van der Waals surface area contributed by atoms with E-state index in [1.54, 1.807) is 73.8 Å². The summed E-state index contributed by atoms with van der Waals surface area (Å²) in [4.78, 5) is 26.0. The third kappa shape index (κ3) is 21.4. The van der Waals surface area contributed by atoms with E-state index in [4.69, 9.17) is 24.7 Å². The molecule has 0 radical (unpaired) electrons. The van der Waals surface area contributed by atoms with Crippen LogP contribution in [0.3, 0.4) is 0 Å². The average molecular weight is 953 g/mol. The summed E-state index contributed by atoms with van der Waals surface area (Å²) in [5.74, 6) is -5.35. The fourth-order valence-electron chi connectivity index (χ4n) is 7.88. The predicted molar refractivity (Wildman–Crippen MR) is 245 cm³/mol. The van der Waals surface area contributed by atoms with E-state index >= 15 is 0 Å². The van der Waals surface area contributed by atoms with Crippen LogP contribution in [-0.4, -0.2) is 179 Å². The van der Waals surface area contributed by atoms with Gasteiger partial charge in [-0.15, -0.1) is 0 Å². The molecular formula is C48H76N2O17. The number of fused-ring (bicyclic) bond motifs is 2. The molecule has 67 heavy (non-hydrogen) atoms. The van der Waals surface area contributed by atoms with Gasteiger partial charge in [0.1, 0.15) is 12.2 Å². The van der Waals surface area contributed by atoms with Crippen molar-refractivity contribution in [1.29, 1.82) is 0 Å². The number of carbonyl (C=O) groups is 2. The number of esters is 1. The Hall–Kier alpha value is -3.48. The van der Waals surface area contributed by atoms with Crippen LogP contribution in [0.1, 0.15) is 78.6 Å². The van der Waals surface area contributed by atoms with Crippen LogP contribution in [0.5, 0.6) is 0 Å². The van der Waals surface area contributed by atoms with Crippen molar-refractivity contribution >= 4 is 11.9 Å². The molecule has 0 spiro atoms. The molecule has 0 aromatic heterocycles. The molecule has 14 N–H and O–H groups in total. The lowest BCUT2D eigenvalue weighted by atomic mass is 9.82. The number of nitrogens with two attached hydrogens (primary N) is 1. The van der Waals surface area contributed by atoms with Crippen molar-refractivity contribution in [2.24, 2.45) is 17.6 Å². The molecule has 3 rings (SSSR count). The van der Waals surface area contributed by atoms with Gasteiger partial charge in [0.2, 0.25) is 5.91 Å². The highest BCUT2D eigenvalue weighted by Gasteiger charge is 2.50. The number of carbonyl (C=O) groups excluding carboxylic acids is 2. The Morgan fingerprint density at radius 3 is 1.96 bits per heavy atom. The standard InChI is InChI=1S/C48H76N2O17/c1-29-16-14-12-10-8-6-4-5-7-9-11-13-15-17-35(66-47-45(61)44(49)40(59)28-64-47)24-41-43(46(62)50-27-30(2)51)39(58)26-48(63,67-41)25-34(54)22-38(57)36(55)19-18-32(52)21-33(53)23-42(60)65-31(3)20-37(29)56/h4-17,29-41,43-45,47,51-59,61,63H,18-28,49H2,1-3H3,(H,50,62)/b5-4+,8-6+,9-7+,12-10+,13-11+,16-14+,17-15+/t29-,30-,31-,32?,33?,34?,35?,36+,37-,38?,39-,40+,41-,43+,44-,45-,47-,48?/m0/s1. The van der Waals surface area contributed by atoms with Crippen molar-refractivity contribution in [3.8, 4) is 0 Å². The quantitative estimate of drug-likeness (QED) is 0.154. The van der Waals surface area contributed by atoms with Gasteiger partial charge in [-0.05, 0) is 33.1 Å². The normalized spacial score (nSPS) is 42.7. The summed E-state index contributed by atoms with van der Waals surface area (Å²) in [6.07, 6.45) is 4.32. The zero-order valence-electron chi connectivity index (χ0n) is 38.6. The van der Waals surface area contributed by atoms with E-state index < -0.39 is 141 Å². The maximum Gasteiger partial charge on any atom is 0.308 e. The van der Waals surface area contributed by atoms with Gasteiger partial charge in [-0.3, -0.25) is 9.59 Å². The van der Waals surface area contributed by atoms with Gasteiger partial charge in [0.15, 0.2) is 12.1 Å². The van der Waals surface area contributed by atoms with Gasteiger partial charge in [0.25, 0.3) is 0 Å². The second-order valence-corrected chi connectivity index (χ2v) is 18.0. The highest BCUT2D eigenvalue weighted by molar-refractivity contribution is 5.80. The highest BCUT2D eigenvalue weighted by Crippen LogP contribution is 2.38. The summed E-state index contributed by atoms with van der Waals surface area (Å²) in [6, 6.07) is -1.12. The molecule has 380 valence electrons. The van der Waals surface area contributed by atoms with Gasteiger partial charge >= 0.3 is 5.97 Å². The van der Waals surface area contributed by atoms with Crippen LogP contribution in [0, 0.1) is 11.8 Å². The number of hydrogen-bond acceptors (Lipinski definition) is 18. The molecule has 2 saturated heterocycles. The number of ether oxygens (including phenoxy) is 4. The number of rotatable bonds is 5. The summed E-state index contributed by atoms with van der Waals surface area (Å²) in [6.45, 7) is 4.46. The summed E-state index contributed by atoms with van der Waals surface area (Å²) in [7, 11) is 0. The Morgan fingerprint density at radius 2 is 1.34 bits per heavy atom. The van der Waals surface area contributed by atoms with Crippen molar-refractivity contribution in [3.05, 3.63) is 85.1 Å². The maximum atomic E-state index is 13.5. The highest BCUT2D eigenvalue weighted by atomic mass is 16.7. The minimum absolute atomic E-state index is 0.101. The zero-order valence-corrected chi connectivity index (χ0v) is 38.6. The van der Waals surface area contributed by atoms with Crippen molar-refractivity contribution in [2.45, 2.75) is 176 Å². The lowest BCUT2D eigenvalue weighted by molar-refractivity contribution is -0.304. The van der Waals surface area contributed by atoms with Crippen LogP contribution in [0.2, 0.25) is 0 Å². The van der Waals surface area contributed by atoms with Crippen molar-refractivity contribution in [3.63, 3.8) is 0 Å². The fourth-order valence-corrected chi connectivity index (χ4v) is 7.88. The molecule has 6 unspecified atom stereocenters. The first-order valence-electron chi connectivity index (χ1n) is 23.1. The van der Waals surface area contributed by atoms with Crippen LogP contribution in [-0.2, 0) is 28.5 Å². The average Bonchev–Trinajstić information content (AvgIpc) is 3.23. The fraction of sp³-hybridized carbons (Fsp3) is 0.667. The van der Waals surface area contributed by atoms with Gasteiger partial charge < -0.3 is 86.2 Å². The first-order valence-corrected chi connectivity index (χ1v) is 23.1. The summed E-state index contributed by atoms with van der Waals surface area (Å²) in [5, 5.41) is 121. The van der Waals surface area contributed by atoms with E-state index in [1.165, 1.54) is 6.92 Å². The molecule has 19 heteroatoms. The van der Waals surface area contributed by atoms with Crippen LogP contribution in [0.15, 0.2) is 85.1 Å². The van der Waals surface area contributed by atoms with Crippen molar-refractivity contribution in [1.82, 2.24) is 5.32 Å². The minimum Gasteiger partial charge on any atom is -0.462 e. The maximum absolute atomic E-state index is 13.5. The van der Waals surface area contributed by atoms with Crippen molar-refractivity contribution < 1.29 is 84.7 Å². The van der Waals surface area contributed by atoms with Crippen LogP contribution >= 0.6 is 0 Å². The monoisotopic (exact) mass is 953 g/mol. The van der Waals surface area contributed by atoms with E-state index in [9.17, 15) is 65.8 Å². The molecule has 0 saturated carbocycles. The molecule has 3 aliphatic heterocycles. The smallest absolute Gasteiger partial charge is 0.308 e. The lowest BCUT2D eigenvalue weighted by Crippen LogP contribution is -2.59. The predicted octanol–water partition coefficient (Wildman–Crippen LogP) is -0.510. The number of nitrogens with one attached hydrogen (secondary N) is 1. The SMILES string of the molecule is C[C@H](O)CNC(=O)[C@H]1[C@@H]2CC(O[C@@H]3OC[C@@H](O)[C@H](N)[C@@H]3O)/C=C/C=C/C=C/C=C/C=C/C=C/C=C/[C@H](C)[C@@H](O)C[C@H](C)OC(=O)CC(O)CC(O)CC[C@@H](O)C(O)CC(O)CC(O)(C[C@@H]1O)O2. The second-order valence-electron chi connectivity index (χ2n) is 18.0. The molecule has 19 nitrogen and oxygen atoms in total. The van der Waals surface area contributed by atoms with E-state index in [2.05, 4.69) is 5.32 Å². The Kier molecular flexibility index (Phi) is 25.5. The van der Waals surface area contributed by atoms with Crippen molar-refractivity contribution in [2.75, 3.05) is 13.2 Å². The Bertz CT molecular complexity index is 1690. The summed E-state index contributed by atoms with van der Waals surface area (Å²) < 4.78 is 23.1. The molecule has 0 aromatic rings. The second kappa shape index (κ2) is 29.5. The molecule has 18 atom stereocenters. The molecule has 3 heterocycles. The molecule has 3 aliphatic rings. The van der Waals surface area contributed by atoms with Gasteiger partial charge in [-0.2, -0.15) is 0 Å². The van der Waals surface area contributed by atoms with Crippen LogP contribution < -0.4 is 11.1 Å². The first kappa shape index (κ1) is 57.8. The molecule has 0 aliphatic carbocycles. The molecule has 2 fully saturated rings. The largest absolute Gasteiger partial charge is 0.462 e. The van der Waals surface area contributed by atoms with Gasteiger partial charge in [0.05, 0.1) is 92.1 Å². The Labute approximate surface area is 392 Å². The van der Waals surface area contributed by atoms with Gasteiger partial charge in [-0.1, -0.05) is 92.0 Å². The van der Waals surface area contributed by atoms with Crippen LogP contribution in [0.4, 0.5) is 0 Å². The number of aliphatic hydroxyl groups excluding tert-OH is 10. The van der Waals surface area contributed by atoms with E-state index in [1.807, 2.05) is 25.2 Å². The van der Waals surface area contributed by atoms with E-state index in [0.717, 1.165) is 0 Å². The molecular weight excluding hydrogens is 877 g/mol. The third-order valence-electron chi connectivity index (χ3n) is 11.6. The Morgan fingerprint density at radius 1 is 0.746 bits per heavy atom.